The Balaban J connectivity index is 1.40. The molecule has 2 aromatic carbocycles. The Hall–Kier alpha value is -3.35. The first-order valence-electron chi connectivity index (χ1n) is 8.88. The Bertz CT molecular complexity index is 924. The lowest BCUT2D eigenvalue weighted by atomic mass is 10.1. The highest BCUT2D eigenvalue weighted by Crippen LogP contribution is 2.33. The third-order valence-electron chi connectivity index (χ3n) is 4.40. The zero-order valence-electron chi connectivity index (χ0n) is 14.8. The third kappa shape index (κ3) is 3.92. The Morgan fingerprint density at radius 3 is 2.81 bits per heavy atom. The molecule has 0 saturated carbocycles. The van der Waals surface area contributed by atoms with Crippen LogP contribution in [0.4, 0.5) is 0 Å². The molecular formula is C20H20N4O3. The van der Waals surface area contributed by atoms with E-state index in [4.69, 9.17) is 9.47 Å². The van der Waals surface area contributed by atoms with Crippen LogP contribution in [0.1, 0.15) is 21.7 Å². The number of ether oxygens (including phenoxy) is 2. The van der Waals surface area contributed by atoms with E-state index in [2.05, 4.69) is 27.6 Å². The minimum atomic E-state index is -0.227. The number of carbonyl (C=O) groups is 1. The van der Waals surface area contributed by atoms with Gasteiger partial charge in [-0.15, -0.1) is 10.2 Å². The summed E-state index contributed by atoms with van der Waals surface area (Å²) in [5, 5.41) is 11.0. The molecule has 0 atom stereocenters. The summed E-state index contributed by atoms with van der Waals surface area (Å²) >= 11 is 0. The number of amides is 1. The Morgan fingerprint density at radius 1 is 1.07 bits per heavy atom. The number of carbonyl (C=O) groups excluding carboxylic acids is 1. The molecule has 0 aliphatic carbocycles. The average molecular weight is 364 g/mol. The zero-order chi connectivity index (χ0) is 18.5. The van der Waals surface area contributed by atoms with Crippen molar-refractivity contribution < 1.29 is 14.3 Å². The molecule has 7 nitrogen and oxygen atoms in total. The molecule has 1 aromatic heterocycles. The molecule has 0 radical (unpaired) electrons. The summed E-state index contributed by atoms with van der Waals surface area (Å²) in [4.78, 5) is 12.6. The standard InChI is InChI=1S/C20H20N4O3/c25-20(16-7-4-8-17-19(16)27-12-11-26-17)21-13-18-23-22-14-24(18)10-9-15-5-2-1-3-6-15/h1-8,14H,9-13H2,(H,21,25). The van der Waals surface area contributed by atoms with Gasteiger partial charge in [-0.2, -0.15) is 0 Å². The van der Waals surface area contributed by atoms with Gasteiger partial charge in [-0.25, -0.2) is 0 Å². The quantitative estimate of drug-likeness (QED) is 0.726. The molecule has 0 bridgehead atoms. The van der Waals surface area contributed by atoms with Gasteiger partial charge in [0.2, 0.25) is 0 Å². The van der Waals surface area contributed by atoms with Crippen LogP contribution >= 0.6 is 0 Å². The fraction of sp³-hybridized carbons (Fsp3) is 0.250. The number of para-hydroxylation sites is 1. The predicted molar refractivity (Wildman–Crippen MR) is 98.8 cm³/mol. The summed E-state index contributed by atoms with van der Waals surface area (Å²) < 4.78 is 13.1. The Kier molecular flexibility index (Phi) is 5.00. The van der Waals surface area contributed by atoms with Crippen molar-refractivity contribution in [2.45, 2.75) is 19.5 Å². The van der Waals surface area contributed by atoms with Crippen molar-refractivity contribution >= 4 is 5.91 Å². The summed E-state index contributed by atoms with van der Waals surface area (Å²) in [6, 6.07) is 15.5. The molecular weight excluding hydrogens is 344 g/mol. The summed E-state index contributed by atoms with van der Waals surface area (Å²) in [6.07, 6.45) is 2.56. The topological polar surface area (TPSA) is 78.3 Å². The Labute approximate surface area is 156 Å². The van der Waals surface area contributed by atoms with E-state index in [1.165, 1.54) is 5.56 Å². The molecule has 2 heterocycles. The van der Waals surface area contributed by atoms with Gasteiger partial charge in [0.25, 0.3) is 5.91 Å². The lowest BCUT2D eigenvalue weighted by Gasteiger charge is -2.20. The van der Waals surface area contributed by atoms with E-state index in [1.807, 2.05) is 22.8 Å². The second-order valence-corrected chi connectivity index (χ2v) is 6.19. The van der Waals surface area contributed by atoms with Gasteiger partial charge in [0.15, 0.2) is 17.3 Å². The molecule has 1 N–H and O–H groups in total. The smallest absolute Gasteiger partial charge is 0.255 e. The largest absolute Gasteiger partial charge is 0.486 e. The number of rotatable bonds is 6. The number of aryl methyl sites for hydroxylation is 2. The first-order valence-corrected chi connectivity index (χ1v) is 8.88. The number of aromatic nitrogens is 3. The second-order valence-electron chi connectivity index (χ2n) is 6.19. The van der Waals surface area contributed by atoms with Gasteiger partial charge in [-0.3, -0.25) is 4.79 Å². The molecule has 138 valence electrons. The van der Waals surface area contributed by atoms with Crippen molar-refractivity contribution in [3.05, 3.63) is 71.8 Å². The van der Waals surface area contributed by atoms with Crippen LogP contribution < -0.4 is 14.8 Å². The fourth-order valence-corrected chi connectivity index (χ4v) is 3.00. The summed E-state index contributed by atoms with van der Waals surface area (Å²) in [7, 11) is 0. The third-order valence-corrected chi connectivity index (χ3v) is 4.40. The zero-order valence-corrected chi connectivity index (χ0v) is 14.8. The molecule has 1 aliphatic heterocycles. The SMILES string of the molecule is O=C(NCc1nncn1CCc1ccccc1)c1cccc2c1OCCO2. The minimum Gasteiger partial charge on any atom is -0.486 e. The van der Waals surface area contributed by atoms with Gasteiger partial charge >= 0.3 is 0 Å². The van der Waals surface area contributed by atoms with Gasteiger partial charge in [0.1, 0.15) is 19.5 Å². The van der Waals surface area contributed by atoms with Crippen molar-refractivity contribution in [3.63, 3.8) is 0 Å². The molecule has 0 spiro atoms. The average Bonchev–Trinajstić information content (AvgIpc) is 3.18. The molecule has 0 unspecified atom stereocenters. The molecule has 4 rings (SSSR count). The number of nitrogens with zero attached hydrogens (tertiary/aromatic N) is 3. The lowest BCUT2D eigenvalue weighted by Crippen LogP contribution is -2.27. The molecule has 1 amide bonds. The maximum atomic E-state index is 12.6. The number of hydrogen-bond donors (Lipinski definition) is 1. The van der Waals surface area contributed by atoms with Crippen molar-refractivity contribution in [2.75, 3.05) is 13.2 Å². The number of nitrogens with one attached hydrogen (secondary N) is 1. The van der Waals surface area contributed by atoms with Crippen molar-refractivity contribution in [1.29, 1.82) is 0 Å². The highest BCUT2D eigenvalue weighted by Gasteiger charge is 2.20. The molecule has 0 fully saturated rings. The van der Waals surface area contributed by atoms with E-state index in [9.17, 15) is 4.79 Å². The van der Waals surface area contributed by atoms with E-state index >= 15 is 0 Å². The summed E-state index contributed by atoms with van der Waals surface area (Å²) in [6.45, 7) is 1.96. The number of benzene rings is 2. The molecule has 1 aliphatic rings. The van der Waals surface area contributed by atoms with E-state index in [0.29, 0.717) is 36.1 Å². The predicted octanol–water partition coefficient (Wildman–Crippen LogP) is 2.22. The molecule has 3 aromatic rings. The summed E-state index contributed by atoms with van der Waals surface area (Å²) in [5.41, 5.74) is 1.71. The van der Waals surface area contributed by atoms with E-state index in [1.54, 1.807) is 24.5 Å². The molecule has 0 saturated heterocycles. The van der Waals surface area contributed by atoms with Crippen LogP contribution in [0, 0.1) is 0 Å². The molecule has 7 heteroatoms. The Morgan fingerprint density at radius 2 is 1.93 bits per heavy atom. The van der Waals surface area contributed by atoms with Crippen LogP contribution in [0.3, 0.4) is 0 Å². The maximum Gasteiger partial charge on any atom is 0.255 e. The van der Waals surface area contributed by atoms with Gasteiger partial charge in [0.05, 0.1) is 12.1 Å². The van der Waals surface area contributed by atoms with E-state index < -0.39 is 0 Å². The van der Waals surface area contributed by atoms with E-state index in [0.717, 1.165) is 13.0 Å². The van der Waals surface area contributed by atoms with Crippen LogP contribution in [0.2, 0.25) is 0 Å². The van der Waals surface area contributed by atoms with Crippen molar-refractivity contribution in [3.8, 4) is 11.5 Å². The number of fused-ring (bicyclic) bond motifs is 1. The highest BCUT2D eigenvalue weighted by molar-refractivity contribution is 5.97. The van der Waals surface area contributed by atoms with Crippen LogP contribution in [0.15, 0.2) is 54.9 Å². The monoisotopic (exact) mass is 364 g/mol. The normalized spacial score (nSPS) is 12.6. The van der Waals surface area contributed by atoms with Crippen LogP contribution in [-0.2, 0) is 19.5 Å². The van der Waals surface area contributed by atoms with E-state index in [-0.39, 0.29) is 12.5 Å². The van der Waals surface area contributed by atoms with Crippen LogP contribution in [0.25, 0.3) is 0 Å². The lowest BCUT2D eigenvalue weighted by molar-refractivity contribution is 0.0938. The van der Waals surface area contributed by atoms with Crippen molar-refractivity contribution in [2.24, 2.45) is 0 Å². The van der Waals surface area contributed by atoms with Gasteiger partial charge < -0.3 is 19.4 Å². The number of hydrogen-bond acceptors (Lipinski definition) is 5. The molecule has 27 heavy (non-hydrogen) atoms. The highest BCUT2D eigenvalue weighted by atomic mass is 16.6. The van der Waals surface area contributed by atoms with Crippen molar-refractivity contribution in [1.82, 2.24) is 20.1 Å². The second kappa shape index (κ2) is 7.90. The van der Waals surface area contributed by atoms with Gasteiger partial charge in [-0.05, 0) is 24.1 Å². The first kappa shape index (κ1) is 17.1. The first-order chi connectivity index (χ1) is 13.3. The minimum absolute atomic E-state index is 0.227. The fourth-order valence-electron chi connectivity index (χ4n) is 3.00. The van der Waals surface area contributed by atoms with Crippen LogP contribution in [-0.4, -0.2) is 33.9 Å². The maximum absolute atomic E-state index is 12.6. The summed E-state index contributed by atoms with van der Waals surface area (Å²) in [5.74, 6) is 1.57. The van der Waals surface area contributed by atoms with Gasteiger partial charge in [-0.1, -0.05) is 36.4 Å². The van der Waals surface area contributed by atoms with Gasteiger partial charge in [0, 0.05) is 6.54 Å². The van der Waals surface area contributed by atoms with Crippen LogP contribution in [0.5, 0.6) is 11.5 Å².